The molecule has 1 aromatic carbocycles. The third kappa shape index (κ3) is 3.11. The Kier molecular flexibility index (Phi) is 3.99. The summed E-state index contributed by atoms with van der Waals surface area (Å²) in [4.78, 5) is 4.01. The number of nitrogens with one attached hydrogen (secondary N) is 1. The number of benzene rings is 1. The van der Waals surface area contributed by atoms with Crippen LogP contribution in [0, 0.1) is 18.6 Å². The maximum absolute atomic E-state index is 13.0. The molecule has 2 nitrogen and oxygen atoms in total. The number of hydrogen-bond donors (Lipinski definition) is 1. The number of hydrogen-bond acceptors (Lipinski definition) is 2. The highest BCUT2D eigenvalue weighted by molar-refractivity contribution is 5.22. The van der Waals surface area contributed by atoms with Gasteiger partial charge in [0.2, 0.25) is 0 Å². The van der Waals surface area contributed by atoms with E-state index in [0.29, 0.717) is 13.1 Å². The van der Waals surface area contributed by atoms with Crippen LogP contribution in [0.4, 0.5) is 8.78 Å². The Balaban J connectivity index is 1.92. The molecule has 0 aliphatic carbocycles. The van der Waals surface area contributed by atoms with Crippen LogP contribution in [-0.2, 0) is 13.1 Å². The van der Waals surface area contributed by atoms with Gasteiger partial charge in [-0.1, -0.05) is 6.07 Å². The van der Waals surface area contributed by atoms with Gasteiger partial charge in [0.15, 0.2) is 11.6 Å². The van der Waals surface area contributed by atoms with Crippen molar-refractivity contribution < 1.29 is 8.78 Å². The summed E-state index contributed by atoms with van der Waals surface area (Å²) in [5, 5.41) is 3.19. The topological polar surface area (TPSA) is 24.9 Å². The molecule has 0 saturated carbocycles. The highest BCUT2D eigenvalue weighted by Crippen LogP contribution is 2.09. The van der Waals surface area contributed by atoms with Gasteiger partial charge in [0.25, 0.3) is 0 Å². The molecule has 0 aliphatic rings. The molecule has 1 heterocycles. The fraction of sp³-hybridized carbons (Fsp3) is 0.214. The molecule has 4 heteroatoms. The summed E-state index contributed by atoms with van der Waals surface area (Å²) in [5.74, 6) is -1.63. The summed E-state index contributed by atoms with van der Waals surface area (Å²) in [6.07, 6.45) is 3.54. The highest BCUT2D eigenvalue weighted by Gasteiger charge is 2.02. The molecular weight excluding hydrogens is 234 g/mol. The van der Waals surface area contributed by atoms with E-state index in [4.69, 9.17) is 0 Å². The van der Waals surface area contributed by atoms with Gasteiger partial charge >= 0.3 is 0 Å². The summed E-state index contributed by atoms with van der Waals surface area (Å²) in [5.41, 5.74) is 2.98. The average molecular weight is 248 g/mol. The molecule has 0 saturated heterocycles. The average Bonchev–Trinajstić information content (AvgIpc) is 2.36. The lowest BCUT2D eigenvalue weighted by Crippen LogP contribution is -2.13. The molecule has 2 aromatic rings. The van der Waals surface area contributed by atoms with Gasteiger partial charge in [0.05, 0.1) is 0 Å². The second kappa shape index (κ2) is 5.69. The van der Waals surface area contributed by atoms with Crippen LogP contribution in [0.15, 0.2) is 36.7 Å². The minimum Gasteiger partial charge on any atom is -0.309 e. The molecule has 0 spiro atoms. The van der Waals surface area contributed by atoms with E-state index in [-0.39, 0.29) is 0 Å². The van der Waals surface area contributed by atoms with Crippen LogP contribution in [0.2, 0.25) is 0 Å². The molecule has 1 aromatic heterocycles. The molecule has 2 rings (SSSR count). The lowest BCUT2D eigenvalue weighted by Gasteiger charge is -2.07. The van der Waals surface area contributed by atoms with E-state index in [1.165, 1.54) is 6.07 Å². The summed E-state index contributed by atoms with van der Waals surface area (Å²) < 4.78 is 25.7. The number of nitrogens with zero attached hydrogens (tertiary/aromatic N) is 1. The number of aromatic nitrogens is 1. The summed E-state index contributed by atoms with van der Waals surface area (Å²) in [6, 6.07) is 5.87. The molecular formula is C14H14F2N2. The molecule has 0 atom stereocenters. The van der Waals surface area contributed by atoms with Gasteiger partial charge in [-0.05, 0) is 41.8 Å². The van der Waals surface area contributed by atoms with Crippen molar-refractivity contribution in [2.24, 2.45) is 0 Å². The van der Waals surface area contributed by atoms with Crippen LogP contribution in [0.5, 0.6) is 0 Å². The van der Waals surface area contributed by atoms with Crippen LogP contribution in [0.1, 0.15) is 16.7 Å². The number of rotatable bonds is 4. The molecule has 1 N–H and O–H groups in total. The van der Waals surface area contributed by atoms with Gasteiger partial charge in [-0.15, -0.1) is 0 Å². The number of aryl methyl sites for hydroxylation is 1. The minimum atomic E-state index is -0.816. The first-order valence-corrected chi connectivity index (χ1v) is 5.71. The van der Waals surface area contributed by atoms with Crippen molar-refractivity contribution in [2.75, 3.05) is 0 Å². The zero-order valence-electron chi connectivity index (χ0n) is 10.1. The van der Waals surface area contributed by atoms with Crippen molar-refractivity contribution in [1.29, 1.82) is 0 Å². The smallest absolute Gasteiger partial charge is 0.159 e. The zero-order valence-corrected chi connectivity index (χ0v) is 10.1. The summed E-state index contributed by atoms with van der Waals surface area (Å²) in [6.45, 7) is 3.16. The van der Waals surface area contributed by atoms with Gasteiger partial charge in [-0.25, -0.2) is 8.78 Å². The first-order valence-electron chi connectivity index (χ1n) is 5.71. The Morgan fingerprint density at radius 3 is 2.67 bits per heavy atom. The summed E-state index contributed by atoms with van der Waals surface area (Å²) >= 11 is 0. The predicted molar refractivity (Wildman–Crippen MR) is 65.9 cm³/mol. The maximum Gasteiger partial charge on any atom is 0.159 e. The fourth-order valence-electron chi connectivity index (χ4n) is 1.69. The third-order valence-corrected chi connectivity index (χ3v) is 2.77. The monoisotopic (exact) mass is 248 g/mol. The van der Waals surface area contributed by atoms with Crippen molar-refractivity contribution in [2.45, 2.75) is 20.0 Å². The van der Waals surface area contributed by atoms with Crippen LogP contribution in [-0.4, -0.2) is 4.98 Å². The molecule has 0 radical (unpaired) electrons. The molecule has 0 bridgehead atoms. The van der Waals surface area contributed by atoms with Crippen LogP contribution >= 0.6 is 0 Å². The normalized spacial score (nSPS) is 10.6. The predicted octanol–water partition coefficient (Wildman–Crippen LogP) is 2.96. The van der Waals surface area contributed by atoms with Crippen molar-refractivity contribution in [3.63, 3.8) is 0 Å². The van der Waals surface area contributed by atoms with E-state index in [2.05, 4.69) is 10.3 Å². The Morgan fingerprint density at radius 2 is 1.94 bits per heavy atom. The van der Waals surface area contributed by atoms with E-state index < -0.39 is 11.6 Å². The Hall–Kier alpha value is -1.81. The molecule has 18 heavy (non-hydrogen) atoms. The standard InChI is InChI=1S/C14H14F2N2/c1-10-7-17-5-4-12(10)9-18-8-11-2-3-13(15)14(16)6-11/h2-7,18H,8-9H2,1H3. The van der Waals surface area contributed by atoms with Crippen molar-refractivity contribution >= 4 is 0 Å². The second-order valence-electron chi connectivity index (χ2n) is 4.15. The SMILES string of the molecule is Cc1cnccc1CNCc1ccc(F)c(F)c1. The van der Waals surface area contributed by atoms with Crippen LogP contribution < -0.4 is 5.32 Å². The van der Waals surface area contributed by atoms with E-state index in [1.54, 1.807) is 18.5 Å². The molecule has 94 valence electrons. The Morgan fingerprint density at radius 1 is 1.11 bits per heavy atom. The Labute approximate surface area is 105 Å². The van der Waals surface area contributed by atoms with Crippen molar-refractivity contribution in [3.8, 4) is 0 Å². The second-order valence-corrected chi connectivity index (χ2v) is 4.15. The van der Waals surface area contributed by atoms with Crippen molar-refractivity contribution in [1.82, 2.24) is 10.3 Å². The lowest BCUT2D eigenvalue weighted by atomic mass is 10.1. The van der Waals surface area contributed by atoms with Gasteiger partial charge in [-0.2, -0.15) is 0 Å². The van der Waals surface area contributed by atoms with Crippen LogP contribution in [0.25, 0.3) is 0 Å². The first kappa shape index (κ1) is 12.6. The molecule has 0 amide bonds. The molecule has 0 unspecified atom stereocenters. The third-order valence-electron chi connectivity index (χ3n) is 2.77. The van der Waals surface area contributed by atoms with E-state index in [0.717, 1.165) is 22.8 Å². The van der Waals surface area contributed by atoms with Crippen molar-refractivity contribution in [3.05, 3.63) is 65.0 Å². The fourth-order valence-corrected chi connectivity index (χ4v) is 1.69. The lowest BCUT2D eigenvalue weighted by molar-refractivity contribution is 0.506. The van der Waals surface area contributed by atoms with E-state index >= 15 is 0 Å². The minimum absolute atomic E-state index is 0.499. The maximum atomic E-state index is 13.0. The van der Waals surface area contributed by atoms with Gasteiger partial charge < -0.3 is 5.32 Å². The van der Waals surface area contributed by atoms with Gasteiger partial charge in [0.1, 0.15) is 0 Å². The quantitative estimate of drug-likeness (QED) is 0.899. The largest absolute Gasteiger partial charge is 0.309 e. The Bertz CT molecular complexity index is 541. The van der Waals surface area contributed by atoms with E-state index in [1.807, 2.05) is 13.0 Å². The van der Waals surface area contributed by atoms with Gasteiger partial charge in [0, 0.05) is 25.5 Å². The van der Waals surface area contributed by atoms with Crippen LogP contribution in [0.3, 0.4) is 0 Å². The first-order chi connectivity index (χ1) is 8.66. The summed E-state index contributed by atoms with van der Waals surface area (Å²) in [7, 11) is 0. The number of pyridine rings is 1. The number of halogens is 2. The zero-order chi connectivity index (χ0) is 13.0. The molecule has 0 aliphatic heterocycles. The highest BCUT2D eigenvalue weighted by atomic mass is 19.2. The van der Waals surface area contributed by atoms with Gasteiger partial charge in [-0.3, -0.25) is 4.98 Å². The van der Waals surface area contributed by atoms with E-state index in [9.17, 15) is 8.78 Å². The molecule has 0 fully saturated rings.